The van der Waals surface area contributed by atoms with Gasteiger partial charge in [-0.15, -0.1) is 0 Å². The second-order valence-corrected chi connectivity index (χ2v) is 21.0. The van der Waals surface area contributed by atoms with Crippen molar-refractivity contribution < 1.29 is 49.3 Å². The van der Waals surface area contributed by atoms with E-state index < -0.39 is 49.5 Å². The van der Waals surface area contributed by atoms with Crippen LogP contribution in [0.2, 0.25) is 0 Å². The molecule has 0 radical (unpaired) electrons. The maximum Gasteiger partial charge on any atom is 0.305 e. The van der Waals surface area contributed by atoms with E-state index in [4.69, 9.17) is 14.2 Å². The maximum absolute atomic E-state index is 13.0. The van der Waals surface area contributed by atoms with E-state index in [2.05, 4.69) is 55.6 Å². The van der Waals surface area contributed by atoms with E-state index in [1.165, 1.54) is 154 Å². The topological polar surface area (TPSA) is 175 Å². The number of carbonyl (C=O) groups excluding carboxylic acids is 2. The number of carbonyl (C=O) groups is 2. The summed E-state index contributed by atoms with van der Waals surface area (Å²) in [7, 11) is 0. The highest BCUT2D eigenvalue weighted by Crippen LogP contribution is 2.23. The molecule has 73 heavy (non-hydrogen) atoms. The van der Waals surface area contributed by atoms with Crippen LogP contribution in [0.15, 0.2) is 48.6 Å². The predicted molar refractivity (Wildman–Crippen MR) is 301 cm³/mol. The molecule has 0 aromatic rings. The number of amides is 1. The molecule has 1 rings (SSSR count). The van der Waals surface area contributed by atoms with Crippen molar-refractivity contribution in [3.05, 3.63) is 48.6 Å². The molecule has 11 heteroatoms. The molecular weight excluding hydrogens is 919 g/mol. The predicted octanol–water partition coefficient (Wildman–Crippen LogP) is 14.1. The zero-order valence-corrected chi connectivity index (χ0v) is 46.8. The third-order valence-corrected chi connectivity index (χ3v) is 14.1. The minimum Gasteiger partial charge on any atom is -0.466 e. The SMILES string of the molecule is CCCCC/C=C/CC/C=C/CC/C=C/C(O)C(COC1OC(CO)C(O)C(O)C1O)NC(=O)CCCCCCCCC/C=C\CCCCCCCCCCCCOC(=O)CCCCCCCCCCCCC. The number of allylic oxidation sites excluding steroid dienone is 7. The third kappa shape index (κ3) is 41.5. The van der Waals surface area contributed by atoms with E-state index in [0.717, 1.165) is 89.9 Å². The first-order valence-electron chi connectivity index (χ1n) is 30.4. The number of unbranched alkanes of at least 4 members (excludes halogenated alkanes) is 32. The van der Waals surface area contributed by atoms with Gasteiger partial charge in [0, 0.05) is 12.8 Å². The number of aliphatic hydroxyl groups is 5. The normalized spacial score (nSPS) is 19.2. The van der Waals surface area contributed by atoms with Gasteiger partial charge in [0.25, 0.3) is 0 Å². The third-order valence-electron chi connectivity index (χ3n) is 14.1. The zero-order chi connectivity index (χ0) is 53.1. The van der Waals surface area contributed by atoms with Crippen LogP contribution in [0.5, 0.6) is 0 Å². The second-order valence-electron chi connectivity index (χ2n) is 21.0. The summed E-state index contributed by atoms with van der Waals surface area (Å²) in [5.41, 5.74) is 0. The first-order valence-corrected chi connectivity index (χ1v) is 30.4. The Morgan fingerprint density at radius 3 is 1.38 bits per heavy atom. The van der Waals surface area contributed by atoms with Crippen LogP contribution in [0.4, 0.5) is 0 Å². The van der Waals surface area contributed by atoms with Crippen LogP contribution in [-0.2, 0) is 23.8 Å². The van der Waals surface area contributed by atoms with Crippen molar-refractivity contribution in [1.29, 1.82) is 0 Å². The standard InChI is InChI=1S/C62H113NO10/c1-3-5-7-9-11-13-15-25-29-32-36-40-44-48-55(65)54(53-72-62-61(70)60(69)59(68)56(52-64)73-62)63-57(66)49-45-41-37-33-30-26-23-21-19-17-16-18-20-22-24-27-31-35-39-43-47-51-71-58(67)50-46-42-38-34-28-14-12-10-8-6-4-2/h11,13,17,19,29,32,44,48,54-56,59-62,64-65,68-70H,3-10,12,14-16,18,20-28,30-31,33-43,45-47,49-53H2,1-2H3,(H,63,66)/b13-11+,19-17-,32-29+,48-44+. The Morgan fingerprint density at radius 2 is 0.890 bits per heavy atom. The molecule has 7 atom stereocenters. The molecule has 0 saturated carbocycles. The number of ether oxygens (including phenoxy) is 3. The Bertz CT molecular complexity index is 1350. The molecular formula is C62H113NO10. The van der Waals surface area contributed by atoms with E-state index in [-0.39, 0.29) is 18.5 Å². The summed E-state index contributed by atoms with van der Waals surface area (Å²) in [5.74, 6) is -0.212. The first-order chi connectivity index (χ1) is 35.7. The quantitative estimate of drug-likeness (QED) is 0.0195. The average Bonchev–Trinajstić information content (AvgIpc) is 3.39. The Hall–Kier alpha value is -2.38. The van der Waals surface area contributed by atoms with E-state index in [9.17, 15) is 35.1 Å². The van der Waals surface area contributed by atoms with Crippen molar-refractivity contribution in [3.63, 3.8) is 0 Å². The van der Waals surface area contributed by atoms with Gasteiger partial charge in [0.15, 0.2) is 6.29 Å². The van der Waals surface area contributed by atoms with Crippen LogP contribution in [0.3, 0.4) is 0 Å². The maximum atomic E-state index is 13.0. The molecule has 1 fully saturated rings. The van der Waals surface area contributed by atoms with Gasteiger partial charge in [-0.1, -0.05) is 223 Å². The minimum absolute atomic E-state index is 0.00655. The van der Waals surface area contributed by atoms with Gasteiger partial charge in [0.05, 0.1) is 32.0 Å². The molecule has 0 aliphatic carbocycles. The summed E-state index contributed by atoms with van der Waals surface area (Å²) in [6.07, 6.45) is 54.9. The molecule has 11 nitrogen and oxygen atoms in total. The molecule has 6 N–H and O–H groups in total. The lowest BCUT2D eigenvalue weighted by Crippen LogP contribution is -2.60. The fourth-order valence-electron chi connectivity index (χ4n) is 9.28. The van der Waals surface area contributed by atoms with E-state index in [1.54, 1.807) is 6.08 Å². The molecule has 0 bridgehead atoms. The highest BCUT2D eigenvalue weighted by Gasteiger charge is 2.44. The smallest absolute Gasteiger partial charge is 0.305 e. The van der Waals surface area contributed by atoms with Gasteiger partial charge in [-0.3, -0.25) is 9.59 Å². The number of hydrogen-bond donors (Lipinski definition) is 6. The fourth-order valence-corrected chi connectivity index (χ4v) is 9.28. The fraction of sp³-hybridized carbons (Fsp3) is 0.839. The molecule has 7 unspecified atom stereocenters. The zero-order valence-electron chi connectivity index (χ0n) is 46.8. The lowest BCUT2D eigenvalue weighted by atomic mass is 9.99. The van der Waals surface area contributed by atoms with Gasteiger partial charge in [-0.05, 0) is 83.5 Å². The first kappa shape index (κ1) is 68.6. The van der Waals surface area contributed by atoms with Crippen LogP contribution in [0.25, 0.3) is 0 Å². The number of aliphatic hydroxyl groups excluding tert-OH is 5. The van der Waals surface area contributed by atoms with Crippen LogP contribution in [0, 0.1) is 0 Å². The summed E-state index contributed by atoms with van der Waals surface area (Å²) in [6.45, 7) is 4.28. The van der Waals surface area contributed by atoms with E-state index in [1.807, 2.05) is 6.08 Å². The highest BCUT2D eigenvalue weighted by molar-refractivity contribution is 5.76. The minimum atomic E-state index is -1.58. The number of hydrogen-bond acceptors (Lipinski definition) is 10. The van der Waals surface area contributed by atoms with Crippen molar-refractivity contribution in [1.82, 2.24) is 5.32 Å². The second kappa shape index (κ2) is 51.7. The van der Waals surface area contributed by atoms with Crippen LogP contribution in [-0.4, -0.2) is 100 Å². The van der Waals surface area contributed by atoms with Gasteiger partial charge < -0.3 is 45.1 Å². The molecule has 426 valence electrons. The molecule has 0 aromatic heterocycles. The summed E-state index contributed by atoms with van der Waals surface area (Å²) in [5, 5.41) is 54.3. The molecule has 0 spiro atoms. The number of rotatable bonds is 52. The van der Waals surface area contributed by atoms with Gasteiger partial charge in [-0.25, -0.2) is 0 Å². The van der Waals surface area contributed by atoms with Crippen LogP contribution in [0.1, 0.15) is 271 Å². The lowest BCUT2D eigenvalue weighted by molar-refractivity contribution is -0.302. The molecule has 1 aliphatic heterocycles. The summed E-state index contributed by atoms with van der Waals surface area (Å²) in [6, 6.07) is -0.840. The van der Waals surface area contributed by atoms with Gasteiger partial charge in [0.1, 0.15) is 24.4 Å². The van der Waals surface area contributed by atoms with Crippen molar-refractivity contribution in [2.75, 3.05) is 19.8 Å². The van der Waals surface area contributed by atoms with Crippen molar-refractivity contribution in [3.8, 4) is 0 Å². The van der Waals surface area contributed by atoms with Crippen LogP contribution >= 0.6 is 0 Å². The van der Waals surface area contributed by atoms with Crippen molar-refractivity contribution >= 4 is 11.9 Å². The summed E-state index contributed by atoms with van der Waals surface area (Å²) >= 11 is 0. The van der Waals surface area contributed by atoms with Gasteiger partial charge >= 0.3 is 5.97 Å². The van der Waals surface area contributed by atoms with Gasteiger partial charge in [-0.2, -0.15) is 0 Å². The monoisotopic (exact) mass is 1030 g/mol. The average molecular weight is 1030 g/mol. The Labute approximate surface area is 446 Å². The molecule has 1 amide bonds. The van der Waals surface area contributed by atoms with E-state index >= 15 is 0 Å². The highest BCUT2D eigenvalue weighted by atomic mass is 16.7. The van der Waals surface area contributed by atoms with Crippen molar-refractivity contribution in [2.24, 2.45) is 0 Å². The van der Waals surface area contributed by atoms with E-state index in [0.29, 0.717) is 19.4 Å². The molecule has 1 aliphatic rings. The Balaban J connectivity index is 2.10. The number of esters is 1. The largest absolute Gasteiger partial charge is 0.466 e. The lowest BCUT2D eigenvalue weighted by Gasteiger charge is -2.40. The van der Waals surface area contributed by atoms with Crippen molar-refractivity contribution in [2.45, 2.75) is 314 Å². The molecule has 1 saturated heterocycles. The Kier molecular flexibility index (Phi) is 48.6. The number of nitrogens with one attached hydrogen (secondary N) is 1. The molecule has 1 heterocycles. The van der Waals surface area contributed by atoms with Gasteiger partial charge in [0.2, 0.25) is 5.91 Å². The summed E-state index contributed by atoms with van der Waals surface area (Å²) < 4.78 is 16.7. The van der Waals surface area contributed by atoms with Crippen LogP contribution < -0.4 is 5.32 Å². The summed E-state index contributed by atoms with van der Waals surface area (Å²) in [4.78, 5) is 25.0. The Morgan fingerprint density at radius 1 is 0.493 bits per heavy atom. The molecule has 0 aromatic carbocycles.